The lowest BCUT2D eigenvalue weighted by atomic mass is 9.94. The molecular weight excluding hydrogens is 412 g/mol. The Morgan fingerprint density at radius 1 is 1.19 bits per heavy atom. The number of hydrogen-bond acceptors (Lipinski definition) is 6. The van der Waals surface area contributed by atoms with E-state index in [2.05, 4.69) is 11.9 Å². The maximum Gasteiger partial charge on any atom is 0.296 e. The van der Waals surface area contributed by atoms with Crippen molar-refractivity contribution < 1.29 is 19.1 Å². The number of hydrogen-bond donors (Lipinski definition) is 1. The van der Waals surface area contributed by atoms with Crippen molar-refractivity contribution in [2.75, 3.05) is 4.90 Å². The number of nitrogens with zero attached hydrogens (tertiary/aromatic N) is 2. The molecule has 1 aliphatic heterocycles. The summed E-state index contributed by atoms with van der Waals surface area (Å²) in [4.78, 5) is 32.1. The third-order valence-electron chi connectivity index (χ3n) is 5.43. The third-order valence-corrected chi connectivity index (χ3v) is 6.20. The van der Waals surface area contributed by atoms with Crippen LogP contribution in [0.25, 0.3) is 11.0 Å². The molecule has 154 valence electrons. The van der Waals surface area contributed by atoms with E-state index in [1.807, 2.05) is 42.5 Å². The standard InChI is InChI=1S/C24H18N2O4S/c1-2-14-7-9-15(10-8-14)20-19(22(28)23(29)26(20)24-25-11-12-31-24)21(27)18-13-16-5-3-4-6-17(16)30-18/h3-13,20,28H,2H2,1H3. The Balaban J connectivity index is 1.64. The second-order valence-electron chi connectivity index (χ2n) is 7.23. The number of aliphatic hydroxyl groups excluding tert-OH is 1. The SMILES string of the molecule is CCc1ccc(C2C(C(=O)c3cc4ccccc4o3)=C(O)C(=O)N2c2nccs2)cc1. The van der Waals surface area contributed by atoms with Crippen molar-refractivity contribution >= 4 is 39.1 Å². The van der Waals surface area contributed by atoms with E-state index in [4.69, 9.17) is 4.42 Å². The molecule has 3 heterocycles. The molecule has 2 aromatic heterocycles. The van der Waals surface area contributed by atoms with E-state index >= 15 is 0 Å². The van der Waals surface area contributed by atoms with Crippen LogP contribution >= 0.6 is 11.3 Å². The first kappa shape index (κ1) is 19.3. The predicted octanol–water partition coefficient (Wildman–Crippen LogP) is 5.23. The first-order chi connectivity index (χ1) is 15.1. The van der Waals surface area contributed by atoms with Crippen molar-refractivity contribution in [2.24, 2.45) is 0 Å². The highest BCUT2D eigenvalue weighted by Gasteiger charge is 2.46. The van der Waals surface area contributed by atoms with Crippen molar-refractivity contribution in [2.45, 2.75) is 19.4 Å². The van der Waals surface area contributed by atoms with Gasteiger partial charge in [-0.3, -0.25) is 14.5 Å². The monoisotopic (exact) mass is 430 g/mol. The van der Waals surface area contributed by atoms with Crippen LogP contribution in [0, 0.1) is 0 Å². The number of thiazole rings is 1. The number of fused-ring (bicyclic) bond motifs is 1. The van der Waals surface area contributed by atoms with Crippen molar-refractivity contribution in [1.29, 1.82) is 0 Å². The number of furan rings is 1. The molecule has 1 atom stereocenters. The van der Waals surface area contributed by atoms with Gasteiger partial charge in [0.25, 0.3) is 5.91 Å². The van der Waals surface area contributed by atoms with Crippen molar-refractivity contribution in [3.8, 4) is 0 Å². The van der Waals surface area contributed by atoms with Gasteiger partial charge in [0.2, 0.25) is 5.78 Å². The van der Waals surface area contributed by atoms with Crippen LogP contribution in [-0.2, 0) is 11.2 Å². The van der Waals surface area contributed by atoms with Gasteiger partial charge in [-0.05, 0) is 29.7 Å². The number of benzene rings is 2. The molecule has 0 saturated heterocycles. The minimum Gasteiger partial charge on any atom is -0.503 e. The number of aryl methyl sites for hydroxylation is 1. The molecule has 1 N–H and O–H groups in total. The first-order valence-corrected chi connectivity index (χ1v) is 10.7. The van der Waals surface area contributed by atoms with Gasteiger partial charge >= 0.3 is 0 Å². The molecule has 7 heteroatoms. The summed E-state index contributed by atoms with van der Waals surface area (Å²) in [5.41, 5.74) is 2.40. The van der Waals surface area contributed by atoms with E-state index < -0.39 is 23.5 Å². The number of carbonyl (C=O) groups is 2. The van der Waals surface area contributed by atoms with Gasteiger partial charge in [0, 0.05) is 17.0 Å². The zero-order valence-electron chi connectivity index (χ0n) is 16.6. The predicted molar refractivity (Wildman–Crippen MR) is 118 cm³/mol. The van der Waals surface area contributed by atoms with Crippen LogP contribution < -0.4 is 4.90 Å². The molecular formula is C24H18N2O4S. The number of anilines is 1. The van der Waals surface area contributed by atoms with Crippen LogP contribution in [0.1, 0.15) is 34.6 Å². The molecule has 0 aliphatic carbocycles. The third kappa shape index (κ3) is 3.14. The smallest absolute Gasteiger partial charge is 0.296 e. The first-order valence-electron chi connectivity index (χ1n) is 9.86. The second-order valence-corrected chi connectivity index (χ2v) is 8.10. The van der Waals surface area contributed by atoms with Gasteiger partial charge in [-0.15, -0.1) is 11.3 Å². The van der Waals surface area contributed by atoms with Gasteiger partial charge in [-0.2, -0.15) is 0 Å². The molecule has 0 saturated carbocycles. The fourth-order valence-corrected chi connectivity index (χ4v) is 4.51. The number of aromatic nitrogens is 1. The quantitative estimate of drug-likeness (QED) is 0.438. The largest absolute Gasteiger partial charge is 0.503 e. The van der Waals surface area contributed by atoms with Gasteiger partial charge in [0.15, 0.2) is 16.7 Å². The lowest BCUT2D eigenvalue weighted by Gasteiger charge is -2.24. The van der Waals surface area contributed by atoms with E-state index in [-0.39, 0.29) is 11.3 Å². The summed E-state index contributed by atoms with van der Waals surface area (Å²) < 4.78 is 5.73. The van der Waals surface area contributed by atoms with E-state index in [1.54, 1.807) is 23.7 Å². The number of ketones is 1. The Morgan fingerprint density at radius 2 is 1.97 bits per heavy atom. The summed E-state index contributed by atoms with van der Waals surface area (Å²) in [7, 11) is 0. The Hall–Kier alpha value is -3.71. The lowest BCUT2D eigenvalue weighted by Crippen LogP contribution is -2.30. The number of rotatable bonds is 5. The molecule has 1 aliphatic rings. The summed E-state index contributed by atoms with van der Waals surface area (Å²) in [6.07, 6.45) is 2.45. The van der Waals surface area contributed by atoms with Crippen molar-refractivity contribution in [3.63, 3.8) is 0 Å². The average Bonchev–Trinajstić information content (AvgIpc) is 3.52. The van der Waals surface area contributed by atoms with Gasteiger partial charge in [0.1, 0.15) is 5.58 Å². The summed E-state index contributed by atoms with van der Waals surface area (Å²) in [5.74, 6) is -1.68. The van der Waals surface area contributed by atoms with E-state index in [1.165, 1.54) is 16.2 Å². The van der Waals surface area contributed by atoms with Crippen LogP contribution in [0.5, 0.6) is 0 Å². The number of amides is 1. The van der Waals surface area contributed by atoms with Crippen LogP contribution in [0.2, 0.25) is 0 Å². The highest BCUT2D eigenvalue weighted by molar-refractivity contribution is 7.13. The summed E-state index contributed by atoms with van der Waals surface area (Å²) in [6.45, 7) is 2.05. The maximum atomic E-state index is 13.5. The Labute approximate surface area is 182 Å². The molecule has 0 bridgehead atoms. The fraction of sp³-hybridized carbons (Fsp3) is 0.125. The minimum absolute atomic E-state index is 0.0106. The Bertz CT molecular complexity index is 1290. The van der Waals surface area contributed by atoms with Crippen LogP contribution in [0.3, 0.4) is 0 Å². The molecule has 6 nitrogen and oxygen atoms in total. The number of aliphatic hydroxyl groups is 1. The van der Waals surface area contributed by atoms with Crippen LogP contribution in [0.4, 0.5) is 5.13 Å². The number of para-hydroxylation sites is 1. The zero-order valence-corrected chi connectivity index (χ0v) is 17.4. The summed E-state index contributed by atoms with van der Waals surface area (Å²) in [6, 6.07) is 15.8. The van der Waals surface area contributed by atoms with Crippen molar-refractivity contribution in [1.82, 2.24) is 4.98 Å². The fourth-order valence-electron chi connectivity index (χ4n) is 3.85. The summed E-state index contributed by atoms with van der Waals surface area (Å²) >= 11 is 1.27. The topological polar surface area (TPSA) is 83.6 Å². The molecule has 31 heavy (non-hydrogen) atoms. The summed E-state index contributed by atoms with van der Waals surface area (Å²) in [5, 5.41) is 13.7. The normalized spacial score (nSPS) is 16.5. The van der Waals surface area contributed by atoms with Gasteiger partial charge in [-0.25, -0.2) is 4.98 Å². The highest BCUT2D eigenvalue weighted by Crippen LogP contribution is 2.42. The molecule has 1 amide bonds. The van der Waals surface area contributed by atoms with Gasteiger partial charge in [-0.1, -0.05) is 49.4 Å². The van der Waals surface area contributed by atoms with Crippen LogP contribution in [-0.4, -0.2) is 21.8 Å². The molecule has 2 aromatic carbocycles. The van der Waals surface area contributed by atoms with Gasteiger partial charge < -0.3 is 9.52 Å². The Morgan fingerprint density at radius 3 is 2.65 bits per heavy atom. The van der Waals surface area contributed by atoms with Crippen LogP contribution in [0.15, 0.2) is 81.9 Å². The zero-order chi connectivity index (χ0) is 21.5. The maximum absolute atomic E-state index is 13.5. The van der Waals surface area contributed by atoms with Crippen molar-refractivity contribution in [3.05, 3.63) is 94.4 Å². The molecule has 0 radical (unpaired) electrons. The van der Waals surface area contributed by atoms with E-state index in [9.17, 15) is 14.7 Å². The number of carbonyl (C=O) groups excluding carboxylic acids is 2. The molecule has 5 rings (SSSR count). The minimum atomic E-state index is -0.801. The molecule has 0 fully saturated rings. The number of Topliss-reactive ketones (excluding diaryl/α,β-unsaturated/α-hetero) is 1. The van der Waals surface area contributed by atoms with E-state index in [0.717, 1.165) is 17.4 Å². The molecule has 0 spiro atoms. The van der Waals surface area contributed by atoms with Gasteiger partial charge in [0.05, 0.1) is 11.6 Å². The second kappa shape index (κ2) is 7.52. The lowest BCUT2D eigenvalue weighted by molar-refractivity contribution is -0.117. The average molecular weight is 430 g/mol. The highest BCUT2D eigenvalue weighted by atomic mass is 32.1. The van der Waals surface area contributed by atoms with E-state index in [0.29, 0.717) is 16.3 Å². The molecule has 4 aromatic rings. The molecule has 1 unspecified atom stereocenters. The Kier molecular flexibility index (Phi) is 4.67.